The monoisotopic (exact) mass is 348 g/mol. The van der Waals surface area contributed by atoms with Gasteiger partial charge in [-0.1, -0.05) is 20.8 Å². The Labute approximate surface area is 150 Å². The fourth-order valence-electron chi connectivity index (χ4n) is 5.03. The molecule has 140 valence electrons. The number of ether oxygens (including phenoxy) is 1. The van der Waals surface area contributed by atoms with Crippen LogP contribution in [0.25, 0.3) is 0 Å². The molecule has 2 fully saturated rings. The molecule has 1 aliphatic heterocycles. The van der Waals surface area contributed by atoms with Gasteiger partial charge >= 0.3 is 0 Å². The molecular formula is C19H32N4O2. The fraction of sp³-hybridized carbons (Fsp3) is 0.789. The molecule has 0 aromatic carbocycles. The molecule has 2 heterocycles. The molecule has 2 aliphatic rings. The summed E-state index contributed by atoms with van der Waals surface area (Å²) in [4.78, 5) is 12.8. The smallest absolute Gasteiger partial charge is 0.272 e. The molecule has 6 heteroatoms. The molecule has 0 bridgehead atoms. The molecule has 0 radical (unpaired) electrons. The molecule has 1 aromatic rings. The number of carbonyl (C=O) groups excluding carboxylic acids is 1. The Morgan fingerprint density at radius 1 is 1.48 bits per heavy atom. The first-order chi connectivity index (χ1) is 12.1. The van der Waals surface area contributed by atoms with Gasteiger partial charge in [-0.3, -0.25) is 9.48 Å². The maximum absolute atomic E-state index is 12.8. The first-order valence-electron chi connectivity index (χ1n) is 9.67. The molecule has 0 spiro atoms. The van der Waals surface area contributed by atoms with Crippen molar-refractivity contribution in [3.8, 4) is 0 Å². The minimum atomic E-state index is -0.0693. The van der Waals surface area contributed by atoms with E-state index in [1.54, 1.807) is 7.11 Å². The average Bonchev–Trinajstić information content (AvgIpc) is 3.14. The quantitative estimate of drug-likeness (QED) is 0.828. The van der Waals surface area contributed by atoms with Crippen LogP contribution in [0.15, 0.2) is 12.3 Å². The lowest BCUT2D eigenvalue weighted by Crippen LogP contribution is -2.70. The molecule has 2 N–H and O–H groups in total. The highest BCUT2D eigenvalue weighted by Gasteiger charge is 2.58. The van der Waals surface area contributed by atoms with Gasteiger partial charge in [-0.2, -0.15) is 5.10 Å². The Balaban J connectivity index is 1.68. The van der Waals surface area contributed by atoms with Crippen molar-refractivity contribution in [3.63, 3.8) is 0 Å². The molecule has 1 aliphatic carbocycles. The predicted octanol–water partition coefficient (Wildman–Crippen LogP) is 2.38. The standard InChI is InChI=1S/C19H32N4O2/c1-5-19(6-2)16(13(3)17(19)25-4)21-18(24)15-9-11-23(22-15)14-8-7-10-20-12-14/h9,11,13-14,16-17,20H,5-8,10,12H2,1-4H3,(H,21,24). The van der Waals surface area contributed by atoms with E-state index in [-0.39, 0.29) is 23.5 Å². The zero-order chi connectivity index (χ0) is 18.0. The van der Waals surface area contributed by atoms with Crippen molar-refractivity contribution in [1.82, 2.24) is 20.4 Å². The lowest BCUT2D eigenvalue weighted by atomic mass is 9.53. The topological polar surface area (TPSA) is 68.2 Å². The van der Waals surface area contributed by atoms with E-state index >= 15 is 0 Å². The predicted molar refractivity (Wildman–Crippen MR) is 97.6 cm³/mol. The Kier molecular flexibility index (Phi) is 5.49. The molecular weight excluding hydrogens is 316 g/mol. The van der Waals surface area contributed by atoms with Crippen LogP contribution in [-0.4, -0.2) is 48.0 Å². The summed E-state index contributed by atoms with van der Waals surface area (Å²) in [7, 11) is 1.78. The lowest BCUT2D eigenvalue weighted by Gasteiger charge is -2.59. The van der Waals surface area contributed by atoms with Crippen molar-refractivity contribution in [2.75, 3.05) is 20.2 Å². The highest BCUT2D eigenvalue weighted by molar-refractivity contribution is 5.92. The summed E-state index contributed by atoms with van der Waals surface area (Å²) in [5, 5.41) is 11.2. The van der Waals surface area contributed by atoms with E-state index < -0.39 is 0 Å². The van der Waals surface area contributed by atoms with Crippen LogP contribution in [-0.2, 0) is 4.74 Å². The van der Waals surface area contributed by atoms with E-state index in [9.17, 15) is 4.79 Å². The number of methoxy groups -OCH3 is 1. The van der Waals surface area contributed by atoms with Gasteiger partial charge in [0.05, 0.1) is 12.1 Å². The third-order valence-electron chi connectivity index (χ3n) is 6.53. The average molecular weight is 348 g/mol. The molecule has 4 unspecified atom stereocenters. The second kappa shape index (κ2) is 7.46. The van der Waals surface area contributed by atoms with E-state index in [0.29, 0.717) is 17.7 Å². The van der Waals surface area contributed by atoms with Crippen molar-refractivity contribution in [2.24, 2.45) is 11.3 Å². The highest BCUT2D eigenvalue weighted by atomic mass is 16.5. The molecule has 4 atom stereocenters. The number of amides is 1. The highest BCUT2D eigenvalue weighted by Crippen LogP contribution is 2.52. The van der Waals surface area contributed by atoms with Crippen molar-refractivity contribution in [1.29, 1.82) is 0 Å². The summed E-state index contributed by atoms with van der Waals surface area (Å²) < 4.78 is 7.66. The Morgan fingerprint density at radius 3 is 2.84 bits per heavy atom. The molecule has 25 heavy (non-hydrogen) atoms. The third kappa shape index (κ3) is 3.10. The summed E-state index contributed by atoms with van der Waals surface area (Å²) in [5.74, 6) is 0.249. The number of nitrogens with one attached hydrogen (secondary N) is 2. The van der Waals surface area contributed by atoms with E-state index in [1.165, 1.54) is 0 Å². The van der Waals surface area contributed by atoms with Crippen LogP contribution in [0.1, 0.15) is 63.0 Å². The zero-order valence-electron chi connectivity index (χ0n) is 15.9. The van der Waals surface area contributed by atoms with Gasteiger partial charge in [-0.15, -0.1) is 0 Å². The largest absolute Gasteiger partial charge is 0.380 e. The van der Waals surface area contributed by atoms with Crippen molar-refractivity contribution >= 4 is 5.91 Å². The second-order valence-electron chi connectivity index (χ2n) is 7.59. The minimum Gasteiger partial charge on any atom is -0.380 e. The summed E-state index contributed by atoms with van der Waals surface area (Å²) in [6, 6.07) is 2.32. The summed E-state index contributed by atoms with van der Waals surface area (Å²) in [6.45, 7) is 8.53. The molecule has 1 aromatic heterocycles. The number of aromatic nitrogens is 2. The van der Waals surface area contributed by atoms with E-state index in [4.69, 9.17) is 4.74 Å². The lowest BCUT2D eigenvalue weighted by molar-refractivity contribution is -0.164. The van der Waals surface area contributed by atoms with Crippen molar-refractivity contribution < 1.29 is 9.53 Å². The maximum atomic E-state index is 12.8. The van der Waals surface area contributed by atoms with Crippen molar-refractivity contribution in [2.45, 2.75) is 64.6 Å². The van der Waals surface area contributed by atoms with Crippen LogP contribution >= 0.6 is 0 Å². The van der Waals surface area contributed by atoms with Crippen LogP contribution in [0, 0.1) is 11.3 Å². The zero-order valence-corrected chi connectivity index (χ0v) is 15.9. The number of hydrogen-bond acceptors (Lipinski definition) is 4. The van der Waals surface area contributed by atoms with Gasteiger partial charge in [0.2, 0.25) is 0 Å². The minimum absolute atomic E-state index is 0.0275. The number of hydrogen-bond donors (Lipinski definition) is 2. The van der Waals surface area contributed by atoms with Gasteiger partial charge in [0.1, 0.15) is 5.69 Å². The van der Waals surface area contributed by atoms with E-state index in [2.05, 4.69) is 36.5 Å². The summed E-state index contributed by atoms with van der Waals surface area (Å²) >= 11 is 0. The first kappa shape index (κ1) is 18.4. The molecule has 3 rings (SSSR count). The SMILES string of the molecule is CCC1(CC)C(NC(=O)c2ccn(C3CCCNC3)n2)C(C)C1OC. The summed E-state index contributed by atoms with van der Waals surface area (Å²) in [6.07, 6.45) is 6.40. The van der Waals surface area contributed by atoms with Crippen LogP contribution in [0.3, 0.4) is 0 Å². The third-order valence-corrected chi connectivity index (χ3v) is 6.53. The van der Waals surface area contributed by atoms with E-state index in [1.807, 2.05) is 16.9 Å². The van der Waals surface area contributed by atoms with Crippen LogP contribution < -0.4 is 10.6 Å². The number of piperidine rings is 1. The van der Waals surface area contributed by atoms with Crippen molar-refractivity contribution in [3.05, 3.63) is 18.0 Å². The second-order valence-corrected chi connectivity index (χ2v) is 7.59. The van der Waals surface area contributed by atoms with E-state index in [0.717, 1.165) is 38.8 Å². The van der Waals surface area contributed by atoms with Gasteiger partial charge in [0.25, 0.3) is 5.91 Å². The van der Waals surface area contributed by atoms with Gasteiger partial charge in [-0.05, 0) is 38.3 Å². The maximum Gasteiger partial charge on any atom is 0.272 e. The van der Waals surface area contributed by atoms with Gasteiger partial charge < -0.3 is 15.4 Å². The number of nitrogens with zero attached hydrogens (tertiary/aromatic N) is 2. The first-order valence-corrected chi connectivity index (χ1v) is 9.67. The van der Waals surface area contributed by atoms with Crippen LogP contribution in [0.2, 0.25) is 0 Å². The van der Waals surface area contributed by atoms with Crippen LogP contribution in [0.4, 0.5) is 0 Å². The molecule has 1 saturated carbocycles. The van der Waals surface area contributed by atoms with Gasteiger partial charge in [0.15, 0.2) is 0 Å². The van der Waals surface area contributed by atoms with Gasteiger partial charge in [-0.25, -0.2) is 0 Å². The number of carbonyl (C=O) groups is 1. The van der Waals surface area contributed by atoms with Gasteiger partial charge in [0, 0.05) is 37.2 Å². The molecule has 1 saturated heterocycles. The fourth-order valence-corrected chi connectivity index (χ4v) is 5.03. The normalized spacial score (nSPS) is 31.4. The molecule has 1 amide bonds. The van der Waals surface area contributed by atoms with Crippen LogP contribution in [0.5, 0.6) is 0 Å². The Hall–Kier alpha value is -1.40. The Bertz CT molecular complexity index is 590. The molecule has 6 nitrogen and oxygen atoms in total. The number of rotatable bonds is 6. The summed E-state index contributed by atoms with van der Waals surface area (Å²) in [5.41, 5.74) is 0.541. The Morgan fingerprint density at radius 2 is 2.24 bits per heavy atom.